The van der Waals surface area contributed by atoms with Gasteiger partial charge in [0.15, 0.2) is 5.82 Å². The second kappa shape index (κ2) is 8.54. The van der Waals surface area contributed by atoms with E-state index in [1.807, 2.05) is 43.3 Å². The van der Waals surface area contributed by atoms with Gasteiger partial charge in [-0.3, -0.25) is 14.8 Å². The first-order chi connectivity index (χ1) is 16.2. The Morgan fingerprint density at radius 2 is 1.88 bits per heavy atom. The second-order valence-corrected chi connectivity index (χ2v) is 7.44. The van der Waals surface area contributed by atoms with Crippen molar-refractivity contribution in [3.8, 4) is 17.1 Å². The Labute approximate surface area is 190 Å². The highest BCUT2D eigenvalue weighted by Gasteiger charge is 2.36. The molecule has 5 rings (SSSR count). The van der Waals surface area contributed by atoms with E-state index in [-0.39, 0.29) is 5.91 Å². The third-order valence-corrected chi connectivity index (χ3v) is 5.39. The normalized spacial score (nSPS) is 14.9. The minimum atomic E-state index is -0.558. The summed E-state index contributed by atoms with van der Waals surface area (Å²) < 4.78 is 7.35. The zero-order valence-electron chi connectivity index (χ0n) is 18.1. The smallest absolute Gasteiger partial charge is 0.255 e. The topological polar surface area (TPSA) is 107 Å². The van der Waals surface area contributed by atoms with Gasteiger partial charge in [-0.05, 0) is 37.3 Å². The van der Waals surface area contributed by atoms with Crippen molar-refractivity contribution < 1.29 is 9.53 Å². The molecule has 0 radical (unpaired) electrons. The first-order valence-electron chi connectivity index (χ1n) is 10.3. The summed E-state index contributed by atoms with van der Waals surface area (Å²) in [6, 6.07) is 14.3. The van der Waals surface area contributed by atoms with Gasteiger partial charge in [-0.2, -0.15) is 4.98 Å². The Bertz CT molecular complexity index is 1330. The molecule has 0 fully saturated rings. The van der Waals surface area contributed by atoms with Gasteiger partial charge in [0, 0.05) is 35.4 Å². The number of para-hydroxylation sites is 1. The van der Waals surface area contributed by atoms with Crippen LogP contribution in [0.25, 0.3) is 11.4 Å². The molecule has 1 aliphatic heterocycles. The summed E-state index contributed by atoms with van der Waals surface area (Å²) in [5, 5.41) is 10.9. The van der Waals surface area contributed by atoms with Gasteiger partial charge < -0.3 is 15.4 Å². The molecule has 1 atom stereocenters. The minimum Gasteiger partial charge on any atom is -0.496 e. The van der Waals surface area contributed by atoms with Crippen LogP contribution in [0.15, 0.2) is 84.6 Å². The highest BCUT2D eigenvalue weighted by atomic mass is 16.5. The fourth-order valence-electron chi connectivity index (χ4n) is 3.88. The Hall–Kier alpha value is -4.53. The van der Waals surface area contributed by atoms with E-state index in [4.69, 9.17) is 9.84 Å². The predicted molar refractivity (Wildman–Crippen MR) is 124 cm³/mol. The van der Waals surface area contributed by atoms with Gasteiger partial charge in [-0.25, -0.2) is 4.68 Å². The number of anilines is 2. The molecule has 9 nitrogen and oxygen atoms in total. The van der Waals surface area contributed by atoms with Crippen molar-refractivity contribution in [2.75, 3.05) is 17.7 Å². The van der Waals surface area contributed by atoms with Gasteiger partial charge in [0.2, 0.25) is 5.95 Å². The highest BCUT2D eigenvalue weighted by molar-refractivity contribution is 6.06. The molecule has 1 amide bonds. The lowest BCUT2D eigenvalue weighted by molar-refractivity contribution is -0.113. The van der Waals surface area contributed by atoms with E-state index >= 15 is 0 Å². The van der Waals surface area contributed by atoms with Crippen molar-refractivity contribution in [2.24, 2.45) is 0 Å². The minimum absolute atomic E-state index is 0.268. The van der Waals surface area contributed by atoms with Crippen LogP contribution in [0.5, 0.6) is 5.75 Å². The number of fused-ring (bicyclic) bond motifs is 1. The van der Waals surface area contributed by atoms with E-state index < -0.39 is 6.04 Å². The van der Waals surface area contributed by atoms with Crippen LogP contribution in [-0.4, -0.2) is 37.7 Å². The maximum absolute atomic E-state index is 13.5. The Balaban J connectivity index is 1.64. The number of hydrogen-bond donors (Lipinski definition) is 2. The SMILES string of the molecule is COc1ccccc1[C@H]1C(C(=O)Nc2cccnc2)=C(C)Nc2nc(-c3ccncc3)nn21. The van der Waals surface area contributed by atoms with Crippen molar-refractivity contribution in [1.29, 1.82) is 0 Å². The fraction of sp³-hybridized carbons (Fsp3) is 0.125. The summed E-state index contributed by atoms with van der Waals surface area (Å²) in [4.78, 5) is 26.3. The molecule has 0 saturated heterocycles. The number of hydrogen-bond acceptors (Lipinski definition) is 7. The molecule has 4 heterocycles. The van der Waals surface area contributed by atoms with Gasteiger partial charge in [0.05, 0.1) is 24.6 Å². The van der Waals surface area contributed by atoms with Crippen molar-refractivity contribution in [3.63, 3.8) is 0 Å². The first kappa shape index (κ1) is 20.4. The molecule has 0 spiro atoms. The summed E-state index contributed by atoms with van der Waals surface area (Å²) >= 11 is 0. The number of benzene rings is 1. The number of carbonyl (C=O) groups excluding carboxylic acids is 1. The molecule has 1 aromatic carbocycles. The summed E-state index contributed by atoms with van der Waals surface area (Å²) in [6.45, 7) is 1.85. The van der Waals surface area contributed by atoms with Crippen LogP contribution in [0.2, 0.25) is 0 Å². The number of rotatable bonds is 5. The largest absolute Gasteiger partial charge is 0.496 e. The summed E-state index contributed by atoms with van der Waals surface area (Å²) in [5.41, 5.74) is 3.40. The summed E-state index contributed by atoms with van der Waals surface area (Å²) in [6.07, 6.45) is 6.64. The molecular formula is C24H21N7O2. The lowest BCUT2D eigenvalue weighted by Crippen LogP contribution is -2.31. The molecular weight excluding hydrogens is 418 g/mol. The molecule has 0 saturated carbocycles. The van der Waals surface area contributed by atoms with Crippen LogP contribution in [0.1, 0.15) is 18.5 Å². The number of aromatic nitrogens is 5. The molecule has 3 aromatic heterocycles. The van der Waals surface area contributed by atoms with Crippen molar-refractivity contribution in [3.05, 3.63) is 90.2 Å². The summed E-state index contributed by atoms with van der Waals surface area (Å²) in [7, 11) is 1.61. The summed E-state index contributed by atoms with van der Waals surface area (Å²) in [5.74, 6) is 1.45. The molecule has 0 bridgehead atoms. The van der Waals surface area contributed by atoms with Gasteiger partial charge in [0.1, 0.15) is 11.8 Å². The van der Waals surface area contributed by atoms with Crippen LogP contribution < -0.4 is 15.4 Å². The Kier molecular flexibility index (Phi) is 5.27. The van der Waals surface area contributed by atoms with Gasteiger partial charge in [-0.1, -0.05) is 18.2 Å². The van der Waals surface area contributed by atoms with Gasteiger partial charge >= 0.3 is 0 Å². The van der Waals surface area contributed by atoms with Crippen LogP contribution in [0.4, 0.5) is 11.6 Å². The molecule has 0 aliphatic carbocycles. The zero-order chi connectivity index (χ0) is 22.8. The van der Waals surface area contributed by atoms with Crippen molar-refractivity contribution in [1.82, 2.24) is 24.7 Å². The van der Waals surface area contributed by atoms with Crippen molar-refractivity contribution >= 4 is 17.5 Å². The number of pyridine rings is 2. The van der Waals surface area contributed by atoms with E-state index in [1.54, 1.807) is 48.7 Å². The van der Waals surface area contributed by atoms with E-state index in [9.17, 15) is 4.79 Å². The highest BCUT2D eigenvalue weighted by Crippen LogP contribution is 2.40. The average Bonchev–Trinajstić information content (AvgIpc) is 3.28. The van der Waals surface area contributed by atoms with Crippen LogP contribution >= 0.6 is 0 Å². The fourth-order valence-corrected chi connectivity index (χ4v) is 3.88. The molecule has 33 heavy (non-hydrogen) atoms. The number of ether oxygens (including phenoxy) is 1. The third kappa shape index (κ3) is 3.80. The van der Waals surface area contributed by atoms with Crippen LogP contribution in [-0.2, 0) is 4.79 Å². The number of amides is 1. The first-order valence-corrected chi connectivity index (χ1v) is 10.3. The predicted octanol–water partition coefficient (Wildman–Crippen LogP) is 3.67. The second-order valence-electron chi connectivity index (χ2n) is 7.44. The standard InChI is InChI=1S/C24H21N7O2/c1-15-20(23(32)28-17-6-5-11-26-14-17)21(18-7-3-4-8-19(18)33-2)31-24(27-15)29-22(30-31)16-9-12-25-13-10-16/h3-14,21H,1-2H3,(H,28,32)(H,27,29,30)/t21-/m0/s1. The lowest BCUT2D eigenvalue weighted by atomic mass is 9.94. The van der Waals surface area contributed by atoms with Crippen molar-refractivity contribution in [2.45, 2.75) is 13.0 Å². The molecule has 4 aromatic rings. The van der Waals surface area contributed by atoms with E-state index in [0.29, 0.717) is 34.5 Å². The number of nitrogens with one attached hydrogen (secondary N) is 2. The maximum Gasteiger partial charge on any atom is 0.255 e. The molecule has 9 heteroatoms. The molecule has 1 aliphatic rings. The molecule has 164 valence electrons. The number of allylic oxidation sites excluding steroid dienone is 1. The molecule has 0 unspecified atom stereocenters. The van der Waals surface area contributed by atoms with E-state index in [2.05, 4.69) is 25.6 Å². The number of methoxy groups -OCH3 is 1. The van der Waals surface area contributed by atoms with E-state index in [0.717, 1.165) is 11.1 Å². The maximum atomic E-state index is 13.5. The van der Waals surface area contributed by atoms with Crippen LogP contribution in [0.3, 0.4) is 0 Å². The van der Waals surface area contributed by atoms with Crippen LogP contribution in [0, 0.1) is 0 Å². The quantitative estimate of drug-likeness (QED) is 0.489. The van der Waals surface area contributed by atoms with E-state index in [1.165, 1.54) is 0 Å². The van der Waals surface area contributed by atoms with Gasteiger partial charge in [-0.15, -0.1) is 5.10 Å². The van der Waals surface area contributed by atoms with Gasteiger partial charge in [0.25, 0.3) is 5.91 Å². The third-order valence-electron chi connectivity index (χ3n) is 5.39. The Morgan fingerprint density at radius 3 is 2.64 bits per heavy atom. The monoisotopic (exact) mass is 439 g/mol. The number of nitrogens with zero attached hydrogens (tertiary/aromatic N) is 5. The average molecular weight is 439 g/mol. The number of carbonyl (C=O) groups is 1. The molecule has 2 N–H and O–H groups in total. The zero-order valence-corrected chi connectivity index (χ0v) is 18.1. The Morgan fingerprint density at radius 1 is 1.06 bits per heavy atom. The lowest BCUT2D eigenvalue weighted by Gasteiger charge is -2.29.